The van der Waals surface area contributed by atoms with Crippen LogP contribution in [0.25, 0.3) is 22.2 Å². The molecule has 2 saturated carbocycles. The molecule has 2 atom stereocenters. The fourth-order valence-electron chi connectivity index (χ4n) is 5.78. The minimum absolute atomic E-state index is 0.0977. The Bertz CT molecular complexity index is 1790. The maximum Gasteiger partial charge on any atom is 0.251 e. The summed E-state index contributed by atoms with van der Waals surface area (Å²) in [5.41, 5.74) is 4.17. The quantitative estimate of drug-likeness (QED) is 0.249. The summed E-state index contributed by atoms with van der Waals surface area (Å²) in [7, 11) is 0. The normalized spacial score (nSPS) is 20.4. The monoisotopic (exact) mass is 600 g/mol. The highest BCUT2D eigenvalue weighted by atomic mass is 19.1. The molecule has 0 bridgehead atoms. The molecule has 11 heteroatoms. The number of nitrogens with two attached hydrogens (primary N) is 1. The number of nitrogens with zero attached hydrogens (tertiary/aromatic N) is 2. The summed E-state index contributed by atoms with van der Waals surface area (Å²) in [6, 6.07) is 13.9. The molecular formula is C33H30F2N4O5. The van der Waals surface area contributed by atoms with E-state index in [-0.39, 0.29) is 47.9 Å². The summed E-state index contributed by atoms with van der Waals surface area (Å²) in [5, 5.41) is 15.8. The Hall–Kier alpha value is -4.64. The number of carbonyl (C=O) groups is 2. The number of ether oxygens (including phenoxy) is 2. The minimum Gasteiger partial charge on any atom is -0.489 e. The third-order valence-corrected chi connectivity index (χ3v) is 8.73. The first-order valence-corrected chi connectivity index (χ1v) is 14.6. The Balaban J connectivity index is 1.26. The number of benzene rings is 2. The number of pyridine rings is 2. The van der Waals surface area contributed by atoms with Gasteiger partial charge in [0.1, 0.15) is 52.8 Å². The summed E-state index contributed by atoms with van der Waals surface area (Å²) in [4.78, 5) is 35.3. The van der Waals surface area contributed by atoms with Gasteiger partial charge in [-0.05, 0) is 80.1 Å². The second kappa shape index (κ2) is 10.5. The molecule has 4 aromatic rings. The molecule has 2 fully saturated rings. The number of nitrogens with one attached hydrogen (secondary N) is 1. The molecule has 0 radical (unpaired) electrons. The SMILES string of the molecule is NC(=O)[C@]1(CF)COc2c1cc(C(O)(CNC(=O)c1cc(OC3CC3)c3ncccc3c1)C1CC1)nc2-c1ccc(F)cc1. The maximum absolute atomic E-state index is 14.6. The van der Waals surface area contributed by atoms with Crippen LogP contribution in [0, 0.1) is 11.7 Å². The van der Waals surface area contributed by atoms with Gasteiger partial charge in [0, 0.05) is 28.3 Å². The Morgan fingerprint density at radius 3 is 2.59 bits per heavy atom. The van der Waals surface area contributed by atoms with Gasteiger partial charge in [-0.15, -0.1) is 0 Å². The van der Waals surface area contributed by atoms with Gasteiger partial charge in [0.25, 0.3) is 5.91 Å². The van der Waals surface area contributed by atoms with Crippen LogP contribution in [0.4, 0.5) is 8.78 Å². The van der Waals surface area contributed by atoms with Crippen LogP contribution in [0.15, 0.2) is 60.8 Å². The number of primary amides is 1. The van der Waals surface area contributed by atoms with E-state index in [1.807, 2.05) is 6.07 Å². The number of alkyl halides is 1. The zero-order valence-corrected chi connectivity index (χ0v) is 23.7. The van der Waals surface area contributed by atoms with Gasteiger partial charge < -0.3 is 25.6 Å². The van der Waals surface area contributed by atoms with E-state index >= 15 is 0 Å². The number of aromatic nitrogens is 2. The van der Waals surface area contributed by atoms with Crippen molar-refractivity contribution >= 4 is 22.7 Å². The second-order valence-corrected chi connectivity index (χ2v) is 11.9. The van der Waals surface area contributed by atoms with Gasteiger partial charge >= 0.3 is 0 Å². The lowest BCUT2D eigenvalue weighted by Crippen LogP contribution is -2.46. The first kappa shape index (κ1) is 28.1. The van der Waals surface area contributed by atoms with E-state index in [0.717, 1.165) is 18.2 Å². The van der Waals surface area contributed by atoms with Crippen molar-refractivity contribution in [2.75, 3.05) is 19.8 Å². The van der Waals surface area contributed by atoms with Gasteiger partial charge in [0.2, 0.25) is 5.91 Å². The number of amides is 2. The van der Waals surface area contributed by atoms with Crippen LogP contribution in [0.2, 0.25) is 0 Å². The van der Waals surface area contributed by atoms with Crippen LogP contribution in [-0.4, -0.2) is 52.8 Å². The molecule has 226 valence electrons. The number of rotatable bonds is 10. The number of hydrogen-bond acceptors (Lipinski definition) is 7. The summed E-state index contributed by atoms with van der Waals surface area (Å²) in [5.74, 6) is -1.42. The van der Waals surface area contributed by atoms with Crippen LogP contribution >= 0.6 is 0 Å². The Morgan fingerprint density at radius 1 is 1.14 bits per heavy atom. The minimum atomic E-state index is -1.79. The number of hydrogen-bond donors (Lipinski definition) is 3. The van der Waals surface area contributed by atoms with E-state index in [1.54, 1.807) is 24.4 Å². The van der Waals surface area contributed by atoms with Crippen molar-refractivity contribution in [1.29, 1.82) is 0 Å². The van der Waals surface area contributed by atoms with Crippen molar-refractivity contribution < 1.29 is 33.0 Å². The lowest BCUT2D eigenvalue weighted by Gasteiger charge is -2.30. The molecule has 44 heavy (non-hydrogen) atoms. The van der Waals surface area contributed by atoms with Crippen LogP contribution in [0.3, 0.4) is 0 Å². The van der Waals surface area contributed by atoms with Crippen molar-refractivity contribution in [3.63, 3.8) is 0 Å². The van der Waals surface area contributed by atoms with Crippen LogP contribution in [0.5, 0.6) is 11.5 Å². The fourth-order valence-corrected chi connectivity index (χ4v) is 5.78. The third-order valence-electron chi connectivity index (χ3n) is 8.73. The smallest absolute Gasteiger partial charge is 0.251 e. The largest absolute Gasteiger partial charge is 0.489 e. The summed E-state index contributed by atoms with van der Waals surface area (Å²) >= 11 is 0. The molecule has 7 rings (SSSR count). The number of halogens is 2. The van der Waals surface area contributed by atoms with Crippen molar-refractivity contribution in [3.8, 4) is 22.8 Å². The average Bonchev–Trinajstić information content (AvgIpc) is 3.98. The van der Waals surface area contributed by atoms with Gasteiger partial charge in [0.05, 0.1) is 18.3 Å². The van der Waals surface area contributed by atoms with E-state index in [1.165, 1.54) is 30.3 Å². The first-order valence-electron chi connectivity index (χ1n) is 14.6. The van der Waals surface area contributed by atoms with Crippen molar-refractivity contribution in [1.82, 2.24) is 15.3 Å². The Labute approximate surface area is 251 Å². The Kier molecular flexibility index (Phi) is 6.73. The summed E-state index contributed by atoms with van der Waals surface area (Å²) in [6.07, 6.45) is 4.98. The predicted octanol–water partition coefficient (Wildman–Crippen LogP) is 4.09. The lowest BCUT2D eigenvalue weighted by molar-refractivity contribution is -0.124. The number of fused-ring (bicyclic) bond motifs is 2. The summed E-state index contributed by atoms with van der Waals surface area (Å²) < 4.78 is 40.2. The standard InChI is InChI=1S/C33H30F2N4O5/c34-15-32(31(36)41)17-43-29-24(32)14-26(39-28(29)18-3-7-22(35)8-4-18)33(42,21-5-6-21)16-38-30(40)20-12-19-2-1-11-37-27(19)25(13-20)44-23-9-10-23/h1-4,7-8,11-14,21,23,42H,5-6,9-10,15-17H2,(H2,36,41)(H,38,40)/t32-,33?/m1/s1. The first-order chi connectivity index (χ1) is 21.2. The van der Waals surface area contributed by atoms with E-state index < -0.39 is 35.3 Å². The fraction of sp³-hybridized carbons (Fsp3) is 0.333. The van der Waals surface area contributed by atoms with Crippen molar-refractivity contribution in [3.05, 3.63) is 83.4 Å². The zero-order valence-electron chi connectivity index (χ0n) is 23.7. The topological polar surface area (TPSA) is 137 Å². The van der Waals surface area contributed by atoms with Crippen molar-refractivity contribution in [2.24, 2.45) is 11.7 Å². The van der Waals surface area contributed by atoms with E-state index in [2.05, 4.69) is 10.3 Å². The molecule has 2 amide bonds. The zero-order chi connectivity index (χ0) is 30.6. The second-order valence-electron chi connectivity index (χ2n) is 11.9. The highest BCUT2D eigenvalue weighted by Crippen LogP contribution is 2.50. The lowest BCUT2D eigenvalue weighted by atomic mass is 9.80. The molecule has 3 heterocycles. The molecule has 9 nitrogen and oxygen atoms in total. The molecule has 1 unspecified atom stereocenters. The van der Waals surface area contributed by atoms with E-state index in [0.29, 0.717) is 35.2 Å². The molecular weight excluding hydrogens is 570 g/mol. The van der Waals surface area contributed by atoms with Gasteiger partial charge in [-0.25, -0.2) is 13.8 Å². The van der Waals surface area contributed by atoms with E-state index in [9.17, 15) is 23.5 Å². The third kappa shape index (κ3) is 4.81. The molecule has 2 aromatic heterocycles. The number of carbonyl (C=O) groups excluding carboxylic acids is 2. The molecule has 2 aromatic carbocycles. The number of aliphatic hydroxyl groups is 1. The molecule has 4 N–H and O–H groups in total. The molecule has 2 aliphatic carbocycles. The molecule has 0 spiro atoms. The summed E-state index contributed by atoms with van der Waals surface area (Å²) in [6.45, 7) is -1.68. The van der Waals surface area contributed by atoms with Crippen LogP contribution in [-0.2, 0) is 15.8 Å². The highest BCUT2D eigenvalue weighted by Gasteiger charge is 2.52. The van der Waals surface area contributed by atoms with Gasteiger partial charge in [-0.1, -0.05) is 6.07 Å². The predicted molar refractivity (Wildman–Crippen MR) is 156 cm³/mol. The maximum atomic E-state index is 14.6. The molecule has 0 saturated heterocycles. The van der Waals surface area contributed by atoms with Crippen LogP contribution < -0.4 is 20.5 Å². The molecule has 3 aliphatic rings. The molecule has 1 aliphatic heterocycles. The van der Waals surface area contributed by atoms with Crippen LogP contribution in [0.1, 0.15) is 47.3 Å². The van der Waals surface area contributed by atoms with Gasteiger partial charge in [0.15, 0.2) is 0 Å². The highest BCUT2D eigenvalue weighted by molar-refractivity contribution is 6.00. The van der Waals surface area contributed by atoms with Gasteiger partial charge in [-0.2, -0.15) is 0 Å². The average molecular weight is 601 g/mol. The van der Waals surface area contributed by atoms with Gasteiger partial charge in [-0.3, -0.25) is 14.6 Å². The van der Waals surface area contributed by atoms with Crippen molar-refractivity contribution in [2.45, 2.75) is 42.8 Å². The Morgan fingerprint density at radius 2 is 1.91 bits per heavy atom. The van der Waals surface area contributed by atoms with E-state index in [4.69, 9.17) is 20.2 Å².